The van der Waals surface area contributed by atoms with E-state index in [2.05, 4.69) is 20.7 Å². The first kappa shape index (κ1) is 19.3. The van der Waals surface area contributed by atoms with Gasteiger partial charge in [-0.2, -0.15) is 0 Å². The lowest BCUT2D eigenvalue weighted by Crippen LogP contribution is -2.27. The molecule has 1 amide bonds. The van der Waals surface area contributed by atoms with E-state index in [-0.39, 0.29) is 17.4 Å². The van der Waals surface area contributed by atoms with E-state index in [1.54, 1.807) is 51.4 Å². The number of hydrogen-bond acceptors (Lipinski definition) is 4. The van der Waals surface area contributed by atoms with Crippen molar-refractivity contribution >= 4 is 37.5 Å². The molecule has 0 saturated heterocycles. The summed E-state index contributed by atoms with van der Waals surface area (Å²) in [6, 6.07) is 11.3. The number of aryl methyl sites for hydroxylation is 1. The number of anilines is 1. The first-order valence-electron chi connectivity index (χ1n) is 7.41. The molecule has 0 aliphatic carbocycles. The number of hydrogen-bond donors (Lipinski definition) is 1. The van der Waals surface area contributed by atoms with Crippen molar-refractivity contribution in [1.29, 1.82) is 0 Å². The number of likely N-dealkylation sites (N-methyl/N-ethyl adjacent to an activating group) is 1. The Morgan fingerprint density at radius 2 is 1.80 bits per heavy atom. The van der Waals surface area contributed by atoms with Crippen LogP contribution >= 0.6 is 15.9 Å². The number of carbonyl (C=O) groups is 1. The molecule has 2 aromatic rings. The molecule has 0 heterocycles. The van der Waals surface area contributed by atoms with E-state index in [4.69, 9.17) is 4.74 Å². The summed E-state index contributed by atoms with van der Waals surface area (Å²) >= 11 is 3.30. The fourth-order valence-corrected chi connectivity index (χ4v) is 3.36. The Morgan fingerprint density at radius 3 is 2.36 bits per heavy atom. The molecule has 0 spiro atoms. The van der Waals surface area contributed by atoms with E-state index >= 15 is 0 Å². The highest BCUT2D eigenvalue weighted by Crippen LogP contribution is 2.24. The number of rotatable bonds is 6. The molecule has 6 nitrogen and oxygen atoms in total. The van der Waals surface area contributed by atoms with Gasteiger partial charge < -0.3 is 9.64 Å². The van der Waals surface area contributed by atoms with E-state index in [0.717, 1.165) is 4.47 Å². The van der Waals surface area contributed by atoms with Gasteiger partial charge in [0.15, 0.2) is 6.61 Å². The topological polar surface area (TPSA) is 75.7 Å². The first-order chi connectivity index (χ1) is 11.7. The maximum Gasteiger partial charge on any atom is 0.261 e. The number of amides is 1. The average Bonchev–Trinajstić information content (AvgIpc) is 2.55. The summed E-state index contributed by atoms with van der Waals surface area (Å²) in [5.41, 5.74) is 1.10. The van der Waals surface area contributed by atoms with Crippen LogP contribution in [0.2, 0.25) is 0 Å². The second kappa shape index (κ2) is 7.88. The summed E-state index contributed by atoms with van der Waals surface area (Å²) in [6.07, 6.45) is 0. The van der Waals surface area contributed by atoms with Gasteiger partial charge in [0.25, 0.3) is 15.9 Å². The number of nitrogens with zero attached hydrogens (tertiary/aromatic N) is 1. The lowest BCUT2D eigenvalue weighted by Gasteiger charge is -2.14. The third-order valence-corrected chi connectivity index (χ3v) is 5.31. The quantitative estimate of drug-likeness (QED) is 0.769. The van der Waals surface area contributed by atoms with Crippen molar-refractivity contribution in [2.75, 3.05) is 25.4 Å². The van der Waals surface area contributed by atoms with Crippen LogP contribution in [-0.4, -0.2) is 39.9 Å². The van der Waals surface area contributed by atoms with E-state index in [0.29, 0.717) is 17.0 Å². The highest BCUT2D eigenvalue weighted by Gasteiger charge is 2.16. The summed E-state index contributed by atoms with van der Waals surface area (Å²) in [5.74, 6) is 0.297. The molecule has 0 aromatic heterocycles. The van der Waals surface area contributed by atoms with Crippen molar-refractivity contribution in [3.8, 4) is 5.75 Å². The molecular weight excluding hydrogens is 408 g/mol. The lowest BCUT2D eigenvalue weighted by atomic mass is 10.2. The van der Waals surface area contributed by atoms with Gasteiger partial charge in [-0.05, 0) is 55.0 Å². The Hall–Kier alpha value is -2.06. The summed E-state index contributed by atoms with van der Waals surface area (Å²) in [4.78, 5) is 13.1. The van der Waals surface area contributed by atoms with Crippen molar-refractivity contribution in [2.24, 2.45) is 0 Å². The predicted molar refractivity (Wildman–Crippen MR) is 100 cm³/mol. The standard InChI is InChI=1S/C17H19BrN2O4S/c1-12-10-15(8-9-16(12)24-11-17(21)20(2)3)25(22,23)19-14-6-4-13(18)5-7-14/h4-10,19H,11H2,1-3H3. The van der Waals surface area contributed by atoms with Gasteiger partial charge in [-0.15, -0.1) is 0 Å². The van der Waals surface area contributed by atoms with Gasteiger partial charge in [0.05, 0.1) is 4.90 Å². The van der Waals surface area contributed by atoms with Crippen molar-refractivity contribution < 1.29 is 17.9 Å². The van der Waals surface area contributed by atoms with Crippen LogP contribution in [0.15, 0.2) is 51.8 Å². The van der Waals surface area contributed by atoms with E-state index in [9.17, 15) is 13.2 Å². The smallest absolute Gasteiger partial charge is 0.261 e. The van der Waals surface area contributed by atoms with Crippen LogP contribution in [-0.2, 0) is 14.8 Å². The number of benzene rings is 2. The Kier molecular flexibility index (Phi) is 6.07. The Morgan fingerprint density at radius 1 is 1.16 bits per heavy atom. The van der Waals surface area contributed by atoms with Gasteiger partial charge >= 0.3 is 0 Å². The second-order valence-corrected chi connectivity index (χ2v) is 8.21. The van der Waals surface area contributed by atoms with Crippen LogP contribution in [0.3, 0.4) is 0 Å². The molecule has 2 aromatic carbocycles. The van der Waals surface area contributed by atoms with Crippen LogP contribution in [0.1, 0.15) is 5.56 Å². The van der Waals surface area contributed by atoms with E-state index in [1.807, 2.05) is 0 Å². The van der Waals surface area contributed by atoms with Crippen molar-refractivity contribution in [2.45, 2.75) is 11.8 Å². The molecule has 0 bridgehead atoms. The molecule has 0 aliphatic rings. The number of ether oxygens (including phenoxy) is 1. The molecule has 0 saturated carbocycles. The molecular formula is C17H19BrN2O4S. The third-order valence-electron chi connectivity index (χ3n) is 3.40. The third kappa shape index (κ3) is 5.20. The maximum atomic E-state index is 12.5. The largest absolute Gasteiger partial charge is 0.483 e. The molecule has 0 fully saturated rings. The minimum Gasteiger partial charge on any atom is -0.483 e. The SMILES string of the molecule is Cc1cc(S(=O)(=O)Nc2ccc(Br)cc2)ccc1OCC(=O)N(C)C. The van der Waals surface area contributed by atoms with Crippen LogP contribution in [0.25, 0.3) is 0 Å². The van der Waals surface area contributed by atoms with Crippen molar-refractivity contribution in [1.82, 2.24) is 4.90 Å². The minimum atomic E-state index is -3.71. The molecule has 0 atom stereocenters. The molecule has 2 rings (SSSR count). The van der Waals surface area contributed by atoms with Gasteiger partial charge in [0, 0.05) is 24.3 Å². The van der Waals surface area contributed by atoms with Gasteiger partial charge in [-0.25, -0.2) is 8.42 Å². The van der Waals surface area contributed by atoms with Gasteiger partial charge in [-0.3, -0.25) is 9.52 Å². The molecule has 0 aliphatic heterocycles. The number of nitrogens with one attached hydrogen (secondary N) is 1. The van der Waals surface area contributed by atoms with Crippen LogP contribution in [0.4, 0.5) is 5.69 Å². The van der Waals surface area contributed by atoms with Crippen LogP contribution < -0.4 is 9.46 Å². The zero-order valence-electron chi connectivity index (χ0n) is 14.1. The normalized spacial score (nSPS) is 11.0. The zero-order chi connectivity index (χ0) is 18.6. The summed E-state index contributed by atoms with van der Waals surface area (Å²) < 4.78 is 33.8. The van der Waals surface area contributed by atoms with Crippen LogP contribution in [0, 0.1) is 6.92 Å². The number of sulfonamides is 1. The van der Waals surface area contributed by atoms with Gasteiger partial charge in [0.2, 0.25) is 0 Å². The van der Waals surface area contributed by atoms with Gasteiger partial charge in [0.1, 0.15) is 5.75 Å². The summed E-state index contributed by atoms with van der Waals surface area (Å²) in [6.45, 7) is 1.63. The maximum absolute atomic E-state index is 12.5. The van der Waals surface area contributed by atoms with Crippen molar-refractivity contribution in [3.05, 3.63) is 52.5 Å². The second-order valence-electron chi connectivity index (χ2n) is 5.62. The average molecular weight is 427 g/mol. The summed E-state index contributed by atoms with van der Waals surface area (Å²) in [5, 5.41) is 0. The Balaban J connectivity index is 2.15. The molecule has 25 heavy (non-hydrogen) atoms. The van der Waals surface area contributed by atoms with Gasteiger partial charge in [-0.1, -0.05) is 15.9 Å². The molecule has 8 heteroatoms. The highest BCUT2D eigenvalue weighted by atomic mass is 79.9. The molecule has 0 radical (unpaired) electrons. The molecule has 1 N–H and O–H groups in total. The Labute approximate surface area is 156 Å². The highest BCUT2D eigenvalue weighted by molar-refractivity contribution is 9.10. The summed E-state index contributed by atoms with van der Waals surface area (Å²) in [7, 11) is -0.424. The number of carbonyl (C=O) groups excluding carboxylic acids is 1. The molecule has 134 valence electrons. The van der Waals surface area contributed by atoms with E-state index < -0.39 is 10.0 Å². The monoisotopic (exact) mass is 426 g/mol. The minimum absolute atomic E-state index is 0.100. The Bertz CT molecular complexity index is 865. The molecule has 0 unspecified atom stereocenters. The fraction of sp³-hybridized carbons (Fsp3) is 0.235. The number of halogens is 1. The zero-order valence-corrected chi connectivity index (χ0v) is 16.5. The predicted octanol–water partition coefficient (Wildman–Crippen LogP) is 3.03. The lowest BCUT2D eigenvalue weighted by molar-refractivity contribution is -0.130. The van der Waals surface area contributed by atoms with Crippen LogP contribution in [0.5, 0.6) is 5.75 Å². The fourth-order valence-electron chi connectivity index (χ4n) is 1.95. The van der Waals surface area contributed by atoms with E-state index in [1.165, 1.54) is 17.0 Å². The first-order valence-corrected chi connectivity index (χ1v) is 9.68. The van der Waals surface area contributed by atoms with Crippen molar-refractivity contribution in [3.63, 3.8) is 0 Å².